The number of unbranched alkanes of at least 4 members (excludes halogenated alkanes) is 1. The van der Waals surface area contributed by atoms with Gasteiger partial charge in [-0.05, 0) is 64.3 Å². The fraction of sp³-hybridized carbons (Fsp3) is 0.375. The standard InChI is InChI=1S/C24H30N4O6/c1-24(2,3)34-23(31)25-16-8-7-11-20(27-21(29)17-9-5-4-6-10-17)22(30)26-18-12-14-19(15-13-18)28(32)33/h4-6,9-10,12-15,20H,7-8,11,16H2,1-3H3,(H,25,31)(H,26,30)(H,27,29). The number of amides is 3. The van der Waals surface area contributed by atoms with E-state index in [1.807, 2.05) is 0 Å². The highest BCUT2D eigenvalue weighted by Gasteiger charge is 2.22. The molecule has 0 radical (unpaired) electrons. The number of ether oxygens (including phenoxy) is 1. The summed E-state index contributed by atoms with van der Waals surface area (Å²) in [6.07, 6.45) is 0.926. The zero-order chi connectivity index (χ0) is 25.1. The molecule has 0 bridgehead atoms. The molecule has 0 spiro atoms. The lowest BCUT2D eigenvalue weighted by Gasteiger charge is -2.20. The van der Waals surface area contributed by atoms with Gasteiger partial charge in [0.15, 0.2) is 0 Å². The van der Waals surface area contributed by atoms with E-state index in [2.05, 4.69) is 16.0 Å². The van der Waals surface area contributed by atoms with Gasteiger partial charge in [0, 0.05) is 29.9 Å². The summed E-state index contributed by atoms with van der Waals surface area (Å²) in [7, 11) is 0. The molecule has 3 amide bonds. The largest absolute Gasteiger partial charge is 0.444 e. The second-order valence-electron chi connectivity index (χ2n) is 8.61. The van der Waals surface area contributed by atoms with Crippen LogP contribution in [0, 0.1) is 10.1 Å². The summed E-state index contributed by atoms with van der Waals surface area (Å²) in [6, 6.07) is 13.1. The molecule has 10 heteroatoms. The molecule has 0 saturated carbocycles. The fourth-order valence-corrected chi connectivity index (χ4v) is 2.97. The van der Waals surface area contributed by atoms with Gasteiger partial charge in [-0.1, -0.05) is 18.2 Å². The number of carbonyl (C=O) groups is 3. The van der Waals surface area contributed by atoms with E-state index in [0.717, 1.165) is 0 Å². The fourth-order valence-electron chi connectivity index (χ4n) is 2.97. The molecular weight excluding hydrogens is 440 g/mol. The number of non-ortho nitro benzene ring substituents is 1. The molecular formula is C24H30N4O6. The maximum Gasteiger partial charge on any atom is 0.407 e. The van der Waals surface area contributed by atoms with Gasteiger partial charge in [0.1, 0.15) is 11.6 Å². The molecule has 10 nitrogen and oxygen atoms in total. The van der Waals surface area contributed by atoms with Crippen LogP contribution in [0.15, 0.2) is 54.6 Å². The van der Waals surface area contributed by atoms with Crippen molar-refractivity contribution in [2.75, 3.05) is 11.9 Å². The predicted molar refractivity (Wildman–Crippen MR) is 128 cm³/mol. The first-order valence-corrected chi connectivity index (χ1v) is 10.9. The molecule has 0 aromatic heterocycles. The maximum absolute atomic E-state index is 12.9. The Hall–Kier alpha value is -3.95. The minimum atomic E-state index is -0.843. The number of nitrogens with zero attached hydrogens (tertiary/aromatic N) is 1. The van der Waals surface area contributed by atoms with Crippen molar-refractivity contribution in [2.45, 2.75) is 51.7 Å². The smallest absolute Gasteiger partial charge is 0.407 e. The molecule has 0 aliphatic carbocycles. The minimum Gasteiger partial charge on any atom is -0.444 e. The third-order valence-corrected chi connectivity index (χ3v) is 4.59. The molecule has 34 heavy (non-hydrogen) atoms. The van der Waals surface area contributed by atoms with Crippen LogP contribution in [0.3, 0.4) is 0 Å². The molecule has 2 rings (SSSR count). The van der Waals surface area contributed by atoms with Crippen LogP contribution in [0.4, 0.5) is 16.2 Å². The van der Waals surface area contributed by atoms with Gasteiger partial charge >= 0.3 is 6.09 Å². The van der Waals surface area contributed by atoms with E-state index in [0.29, 0.717) is 37.1 Å². The van der Waals surface area contributed by atoms with Crippen LogP contribution in [0.5, 0.6) is 0 Å². The first-order chi connectivity index (χ1) is 16.0. The number of nitro benzene ring substituents is 1. The quantitative estimate of drug-likeness (QED) is 0.272. The van der Waals surface area contributed by atoms with Crippen molar-refractivity contribution in [3.05, 3.63) is 70.3 Å². The molecule has 2 aromatic carbocycles. The van der Waals surface area contributed by atoms with Crippen molar-refractivity contribution in [2.24, 2.45) is 0 Å². The number of anilines is 1. The number of nitrogens with one attached hydrogen (secondary N) is 3. The number of hydrogen-bond donors (Lipinski definition) is 3. The Morgan fingerprint density at radius 1 is 1.00 bits per heavy atom. The van der Waals surface area contributed by atoms with E-state index >= 15 is 0 Å². The normalized spacial score (nSPS) is 11.7. The molecule has 0 fully saturated rings. The van der Waals surface area contributed by atoms with Crippen molar-refractivity contribution in [1.29, 1.82) is 0 Å². The van der Waals surface area contributed by atoms with Gasteiger partial charge in [0.2, 0.25) is 5.91 Å². The van der Waals surface area contributed by atoms with E-state index in [1.165, 1.54) is 24.3 Å². The summed E-state index contributed by atoms with van der Waals surface area (Å²) < 4.78 is 5.18. The Morgan fingerprint density at radius 3 is 2.24 bits per heavy atom. The Balaban J connectivity index is 1.96. The van der Waals surface area contributed by atoms with Crippen molar-refractivity contribution >= 4 is 29.3 Å². The average molecular weight is 471 g/mol. The Bertz CT molecular complexity index is 987. The number of benzene rings is 2. The SMILES string of the molecule is CC(C)(C)OC(=O)NCCCCC(NC(=O)c1ccccc1)C(=O)Nc1ccc([N+](=O)[O-])cc1. The van der Waals surface area contributed by atoms with Gasteiger partial charge in [-0.3, -0.25) is 19.7 Å². The van der Waals surface area contributed by atoms with Crippen LogP contribution in [0.1, 0.15) is 50.4 Å². The van der Waals surface area contributed by atoms with Crippen LogP contribution in [-0.2, 0) is 9.53 Å². The molecule has 0 saturated heterocycles. The summed E-state index contributed by atoms with van der Waals surface area (Å²) >= 11 is 0. The number of carbonyl (C=O) groups excluding carboxylic acids is 3. The Kier molecular flexibility index (Phi) is 9.54. The second-order valence-corrected chi connectivity index (χ2v) is 8.61. The summed E-state index contributed by atoms with van der Waals surface area (Å²) in [6.45, 7) is 5.68. The van der Waals surface area contributed by atoms with Crippen LogP contribution in [0.2, 0.25) is 0 Å². The first-order valence-electron chi connectivity index (χ1n) is 10.9. The molecule has 3 N–H and O–H groups in total. The van der Waals surface area contributed by atoms with Gasteiger partial charge < -0.3 is 20.7 Å². The topological polar surface area (TPSA) is 140 Å². The highest BCUT2D eigenvalue weighted by molar-refractivity contribution is 6.01. The molecule has 0 aliphatic rings. The molecule has 2 aromatic rings. The number of alkyl carbamates (subject to hydrolysis) is 1. The third kappa shape index (κ3) is 9.27. The van der Waals surface area contributed by atoms with Crippen LogP contribution in [-0.4, -0.2) is 41.0 Å². The van der Waals surface area contributed by atoms with Gasteiger partial charge in [0.05, 0.1) is 4.92 Å². The van der Waals surface area contributed by atoms with E-state index in [9.17, 15) is 24.5 Å². The van der Waals surface area contributed by atoms with Crippen molar-refractivity contribution < 1.29 is 24.0 Å². The molecule has 1 atom stereocenters. The average Bonchev–Trinajstić information content (AvgIpc) is 2.77. The lowest BCUT2D eigenvalue weighted by molar-refractivity contribution is -0.384. The van der Waals surface area contributed by atoms with E-state index in [4.69, 9.17) is 4.74 Å². The van der Waals surface area contributed by atoms with E-state index in [1.54, 1.807) is 51.1 Å². The monoisotopic (exact) mass is 470 g/mol. The van der Waals surface area contributed by atoms with Gasteiger partial charge in [-0.25, -0.2) is 4.79 Å². The van der Waals surface area contributed by atoms with Crippen molar-refractivity contribution in [1.82, 2.24) is 10.6 Å². The van der Waals surface area contributed by atoms with E-state index < -0.39 is 34.5 Å². The molecule has 1 unspecified atom stereocenters. The first kappa shape index (κ1) is 26.3. The summed E-state index contributed by atoms with van der Waals surface area (Å²) in [5, 5.41) is 18.9. The highest BCUT2D eigenvalue weighted by atomic mass is 16.6. The van der Waals surface area contributed by atoms with Crippen LogP contribution < -0.4 is 16.0 Å². The van der Waals surface area contributed by atoms with Gasteiger partial charge in [0.25, 0.3) is 11.6 Å². The zero-order valence-electron chi connectivity index (χ0n) is 19.5. The second kappa shape index (κ2) is 12.3. The predicted octanol–water partition coefficient (Wildman–Crippen LogP) is 4.03. The summed E-state index contributed by atoms with van der Waals surface area (Å²) in [5.74, 6) is -0.838. The number of nitro groups is 1. The molecule has 0 aliphatic heterocycles. The van der Waals surface area contributed by atoms with Gasteiger partial charge in [-0.15, -0.1) is 0 Å². The minimum absolute atomic E-state index is 0.0931. The van der Waals surface area contributed by atoms with Crippen LogP contribution >= 0.6 is 0 Å². The van der Waals surface area contributed by atoms with Gasteiger partial charge in [-0.2, -0.15) is 0 Å². The third-order valence-electron chi connectivity index (χ3n) is 4.59. The number of hydrogen-bond acceptors (Lipinski definition) is 6. The summed E-state index contributed by atoms with van der Waals surface area (Å²) in [5.41, 5.74) is 0.111. The lowest BCUT2D eigenvalue weighted by Crippen LogP contribution is -2.44. The lowest BCUT2D eigenvalue weighted by atomic mass is 10.1. The molecule has 182 valence electrons. The maximum atomic E-state index is 12.9. The van der Waals surface area contributed by atoms with Crippen molar-refractivity contribution in [3.63, 3.8) is 0 Å². The number of rotatable bonds is 10. The van der Waals surface area contributed by atoms with Crippen molar-refractivity contribution in [3.8, 4) is 0 Å². The Labute approximate surface area is 198 Å². The zero-order valence-corrected chi connectivity index (χ0v) is 19.5. The summed E-state index contributed by atoms with van der Waals surface area (Å²) in [4.78, 5) is 47.5. The Morgan fingerprint density at radius 2 is 1.65 bits per heavy atom. The van der Waals surface area contributed by atoms with E-state index in [-0.39, 0.29) is 5.69 Å². The van der Waals surface area contributed by atoms with Crippen LogP contribution in [0.25, 0.3) is 0 Å². The highest BCUT2D eigenvalue weighted by Crippen LogP contribution is 2.16. The molecule has 0 heterocycles.